The van der Waals surface area contributed by atoms with Crippen molar-refractivity contribution in [3.63, 3.8) is 0 Å². The predicted molar refractivity (Wildman–Crippen MR) is 52.4 cm³/mol. The van der Waals surface area contributed by atoms with Gasteiger partial charge in [-0.05, 0) is 6.42 Å². The lowest BCUT2D eigenvalue weighted by molar-refractivity contribution is 0.315. The van der Waals surface area contributed by atoms with Crippen LogP contribution in [0.5, 0.6) is 0 Å². The second-order valence-electron chi connectivity index (χ2n) is 3.96. The highest BCUT2D eigenvalue weighted by molar-refractivity contribution is 5.10. The minimum atomic E-state index is 0.201. The fourth-order valence-corrected chi connectivity index (χ4v) is 1.34. The van der Waals surface area contributed by atoms with E-state index in [0.29, 0.717) is 0 Å². The topological polar surface area (TPSA) is 15.3 Å². The van der Waals surface area contributed by atoms with Crippen LogP contribution in [-0.4, -0.2) is 18.5 Å². The summed E-state index contributed by atoms with van der Waals surface area (Å²) in [6.45, 7) is 9.58. The fourth-order valence-electron chi connectivity index (χ4n) is 1.34. The number of nitrogens with zero attached hydrogens (tertiary/aromatic N) is 1. The number of hydrogen-bond donors (Lipinski definition) is 1. The van der Waals surface area contributed by atoms with Crippen LogP contribution in [0.25, 0.3) is 0 Å². The summed E-state index contributed by atoms with van der Waals surface area (Å²) in [6.07, 6.45) is 5.12. The third-order valence-electron chi connectivity index (χ3n) is 2.52. The first-order valence-electron chi connectivity index (χ1n) is 4.36. The van der Waals surface area contributed by atoms with Crippen molar-refractivity contribution in [2.24, 2.45) is 5.41 Å². The molecule has 0 bridgehead atoms. The first-order chi connectivity index (χ1) is 5.54. The Labute approximate surface area is 74.9 Å². The standard InChI is InChI=1S/C10H18N2/c1-9-10(2,3)5-6-11-7-8-12(9)4/h7-8,11H,1,5-6H2,2-4H3. The highest BCUT2D eigenvalue weighted by atomic mass is 15.1. The van der Waals surface area contributed by atoms with Gasteiger partial charge in [0, 0.05) is 37.1 Å². The molecule has 2 nitrogen and oxygen atoms in total. The molecule has 0 atom stereocenters. The van der Waals surface area contributed by atoms with Gasteiger partial charge >= 0.3 is 0 Å². The molecule has 1 heterocycles. The maximum Gasteiger partial charge on any atom is 0.0191 e. The Morgan fingerprint density at radius 3 is 2.92 bits per heavy atom. The molecule has 0 amide bonds. The third kappa shape index (κ3) is 1.81. The molecule has 0 fully saturated rings. The fraction of sp³-hybridized carbons (Fsp3) is 0.600. The minimum absolute atomic E-state index is 0.201. The minimum Gasteiger partial charge on any atom is -0.390 e. The maximum atomic E-state index is 4.10. The molecule has 0 unspecified atom stereocenters. The summed E-state index contributed by atoms with van der Waals surface area (Å²) < 4.78 is 0. The quantitative estimate of drug-likeness (QED) is 0.591. The summed E-state index contributed by atoms with van der Waals surface area (Å²) in [4.78, 5) is 2.08. The van der Waals surface area contributed by atoms with Crippen LogP contribution in [-0.2, 0) is 0 Å². The van der Waals surface area contributed by atoms with Crippen molar-refractivity contribution in [2.45, 2.75) is 20.3 Å². The Morgan fingerprint density at radius 1 is 1.58 bits per heavy atom. The van der Waals surface area contributed by atoms with Gasteiger partial charge in [-0.2, -0.15) is 0 Å². The van der Waals surface area contributed by atoms with Gasteiger partial charge in [-0.15, -0.1) is 0 Å². The van der Waals surface area contributed by atoms with Gasteiger partial charge in [-0.25, -0.2) is 0 Å². The van der Waals surface area contributed by atoms with E-state index in [1.54, 1.807) is 0 Å². The molecule has 0 saturated heterocycles. The van der Waals surface area contributed by atoms with Gasteiger partial charge in [0.25, 0.3) is 0 Å². The first-order valence-corrected chi connectivity index (χ1v) is 4.36. The summed E-state index contributed by atoms with van der Waals surface area (Å²) in [5.41, 5.74) is 1.38. The van der Waals surface area contributed by atoms with E-state index < -0.39 is 0 Å². The number of allylic oxidation sites excluding steroid dienone is 1. The molecule has 0 radical (unpaired) electrons. The summed E-state index contributed by atoms with van der Waals surface area (Å²) in [5, 5.41) is 3.23. The smallest absolute Gasteiger partial charge is 0.0191 e. The molecule has 0 aromatic rings. The Morgan fingerprint density at radius 2 is 2.25 bits per heavy atom. The molecule has 0 spiro atoms. The average Bonchev–Trinajstić information content (AvgIpc) is 2.00. The van der Waals surface area contributed by atoms with Gasteiger partial charge < -0.3 is 10.2 Å². The van der Waals surface area contributed by atoms with Crippen molar-refractivity contribution >= 4 is 0 Å². The molecule has 68 valence electrons. The van der Waals surface area contributed by atoms with E-state index in [1.807, 2.05) is 19.4 Å². The Kier molecular flexibility index (Phi) is 2.46. The largest absolute Gasteiger partial charge is 0.390 e. The highest BCUT2D eigenvalue weighted by Crippen LogP contribution is 2.31. The molecule has 0 aliphatic carbocycles. The lowest BCUT2D eigenvalue weighted by Crippen LogP contribution is -2.30. The molecular weight excluding hydrogens is 148 g/mol. The van der Waals surface area contributed by atoms with Gasteiger partial charge in [-0.3, -0.25) is 0 Å². The monoisotopic (exact) mass is 166 g/mol. The molecule has 0 aromatic carbocycles. The zero-order chi connectivity index (χ0) is 9.19. The zero-order valence-corrected chi connectivity index (χ0v) is 8.22. The summed E-state index contributed by atoms with van der Waals surface area (Å²) in [5.74, 6) is 0. The van der Waals surface area contributed by atoms with Crippen molar-refractivity contribution in [1.29, 1.82) is 0 Å². The summed E-state index contributed by atoms with van der Waals surface area (Å²) in [7, 11) is 2.04. The van der Waals surface area contributed by atoms with Gasteiger partial charge in [-0.1, -0.05) is 20.4 Å². The van der Waals surface area contributed by atoms with Gasteiger partial charge in [0.2, 0.25) is 0 Å². The van der Waals surface area contributed by atoms with Crippen molar-refractivity contribution in [3.8, 4) is 0 Å². The van der Waals surface area contributed by atoms with E-state index in [4.69, 9.17) is 0 Å². The van der Waals surface area contributed by atoms with E-state index >= 15 is 0 Å². The van der Waals surface area contributed by atoms with Crippen LogP contribution in [0, 0.1) is 5.41 Å². The molecule has 2 heteroatoms. The number of nitrogens with one attached hydrogen (secondary N) is 1. The van der Waals surface area contributed by atoms with Gasteiger partial charge in [0.1, 0.15) is 0 Å². The highest BCUT2D eigenvalue weighted by Gasteiger charge is 2.23. The number of hydrogen-bond acceptors (Lipinski definition) is 2. The van der Waals surface area contributed by atoms with Crippen LogP contribution >= 0.6 is 0 Å². The predicted octanol–water partition coefficient (Wildman–Crippen LogP) is 1.92. The molecule has 1 aliphatic heterocycles. The molecule has 12 heavy (non-hydrogen) atoms. The molecule has 1 aliphatic rings. The van der Waals surface area contributed by atoms with Crippen molar-refractivity contribution < 1.29 is 0 Å². The van der Waals surface area contributed by atoms with E-state index in [0.717, 1.165) is 13.0 Å². The molecule has 1 rings (SSSR count). The Bertz CT molecular complexity index is 204. The van der Waals surface area contributed by atoms with Crippen LogP contribution in [0.1, 0.15) is 20.3 Å². The molecular formula is C10H18N2. The van der Waals surface area contributed by atoms with E-state index in [2.05, 4.69) is 30.6 Å². The van der Waals surface area contributed by atoms with Crippen LogP contribution in [0.2, 0.25) is 0 Å². The second kappa shape index (κ2) is 3.21. The lowest BCUT2D eigenvalue weighted by atomic mass is 9.85. The maximum absolute atomic E-state index is 4.10. The van der Waals surface area contributed by atoms with E-state index in [9.17, 15) is 0 Å². The second-order valence-corrected chi connectivity index (χ2v) is 3.96. The van der Waals surface area contributed by atoms with Crippen LogP contribution in [0.15, 0.2) is 24.7 Å². The molecule has 1 N–H and O–H groups in total. The molecule has 0 aromatic heterocycles. The van der Waals surface area contributed by atoms with Crippen molar-refractivity contribution in [2.75, 3.05) is 13.6 Å². The SMILES string of the molecule is C=C1N(C)C=CNCCC1(C)C. The van der Waals surface area contributed by atoms with Gasteiger partial charge in [0.05, 0.1) is 0 Å². The lowest BCUT2D eigenvalue weighted by Gasteiger charge is -2.34. The Balaban J connectivity index is 2.81. The van der Waals surface area contributed by atoms with Crippen molar-refractivity contribution in [1.82, 2.24) is 10.2 Å². The average molecular weight is 166 g/mol. The van der Waals surface area contributed by atoms with Crippen LogP contribution in [0.4, 0.5) is 0 Å². The van der Waals surface area contributed by atoms with E-state index in [-0.39, 0.29) is 5.41 Å². The van der Waals surface area contributed by atoms with Crippen LogP contribution < -0.4 is 5.32 Å². The van der Waals surface area contributed by atoms with Crippen molar-refractivity contribution in [3.05, 3.63) is 24.7 Å². The number of rotatable bonds is 0. The first kappa shape index (κ1) is 9.17. The third-order valence-corrected chi connectivity index (χ3v) is 2.52. The summed E-state index contributed by atoms with van der Waals surface area (Å²) >= 11 is 0. The zero-order valence-electron chi connectivity index (χ0n) is 8.22. The Hall–Kier alpha value is -0.920. The van der Waals surface area contributed by atoms with Gasteiger partial charge in [0.15, 0.2) is 0 Å². The summed E-state index contributed by atoms with van der Waals surface area (Å²) in [6, 6.07) is 0. The molecule has 0 saturated carbocycles. The normalized spacial score (nSPS) is 22.9. The van der Waals surface area contributed by atoms with Crippen LogP contribution in [0.3, 0.4) is 0 Å². The van der Waals surface area contributed by atoms with E-state index in [1.165, 1.54) is 5.70 Å².